The van der Waals surface area contributed by atoms with E-state index in [2.05, 4.69) is 11.4 Å². The summed E-state index contributed by atoms with van der Waals surface area (Å²) in [6, 6.07) is 11.8. The number of hydrogen-bond donors (Lipinski definition) is 1. The second-order valence-corrected chi connectivity index (χ2v) is 9.45. The van der Waals surface area contributed by atoms with Gasteiger partial charge in [-0.05, 0) is 80.5 Å². The standard InChI is InChI=1S/C27H26N2O5/c1-14-7-8-19(10-15(14)2)28-22(30)13-34-27(33)17-5-4-6-20(11-17)29-25(31)23-18-9-16(3)21(12-18)24(23)26(29)32/h4-11,18,21,23-24H,12-13H2,1-3H3,(H,28,30)/t18-,21+,23+,24+/m0/s1. The molecule has 5 rings (SSSR count). The second kappa shape index (κ2) is 8.24. The van der Waals surface area contributed by atoms with E-state index in [1.54, 1.807) is 18.2 Å². The van der Waals surface area contributed by atoms with Crippen LogP contribution in [0.5, 0.6) is 0 Å². The number of ether oxygens (including phenoxy) is 1. The number of allylic oxidation sites excluding steroid dienone is 2. The Hall–Kier alpha value is -3.74. The van der Waals surface area contributed by atoms with Gasteiger partial charge >= 0.3 is 5.97 Å². The number of hydrogen-bond acceptors (Lipinski definition) is 5. The van der Waals surface area contributed by atoms with Crippen LogP contribution in [0, 0.1) is 37.5 Å². The number of imide groups is 1. The lowest BCUT2D eigenvalue weighted by molar-refractivity contribution is -0.123. The first-order valence-corrected chi connectivity index (χ1v) is 11.4. The first-order valence-electron chi connectivity index (χ1n) is 11.4. The van der Waals surface area contributed by atoms with Crippen molar-refractivity contribution >= 4 is 35.1 Å². The highest BCUT2D eigenvalue weighted by molar-refractivity contribution is 6.23. The van der Waals surface area contributed by atoms with Crippen molar-refractivity contribution in [3.05, 3.63) is 70.8 Å². The van der Waals surface area contributed by atoms with Crippen LogP contribution in [0.2, 0.25) is 0 Å². The van der Waals surface area contributed by atoms with E-state index in [0.717, 1.165) is 17.5 Å². The van der Waals surface area contributed by atoms with Crippen LogP contribution < -0.4 is 10.2 Å². The molecule has 0 spiro atoms. The van der Waals surface area contributed by atoms with Crippen molar-refractivity contribution in [3.8, 4) is 0 Å². The summed E-state index contributed by atoms with van der Waals surface area (Å²) in [6.07, 6.45) is 2.99. The van der Waals surface area contributed by atoms with Crippen LogP contribution in [-0.2, 0) is 19.1 Å². The highest BCUT2D eigenvalue weighted by Crippen LogP contribution is 2.55. The molecule has 1 aliphatic heterocycles. The van der Waals surface area contributed by atoms with Crippen molar-refractivity contribution in [2.45, 2.75) is 27.2 Å². The first-order chi connectivity index (χ1) is 16.2. The number of amides is 3. The molecule has 3 aliphatic rings. The minimum atomic E-state index is -0.700. The van der Waals surface area contributed by atoms with Gasteiger partial charge in [0, 0.05) is 5.69 Å². The lowest BCUT2D eigenvalue weighted by Gasteiger charge is -2.19. The summed E-state index contributed by atoms with van der Waals surface area (Å²) in [6.45, 7) is 5.50. The van der Waals surface area contributed by atoms with Crippen LogP contribution in [0.1, 0.15) is 34.8 Å². The number of rotatable bonds is 5. The molecule has 1 saturated carbocycles. The summed E-state index contributed by atoms with van der Waals surface area (Å²) in [5.41, 5.74) is 4.50. The fraction of sp³-hybridized carbons (Fsp3) is 0.333. The molecule has 1 N–H and O–H groups in total. The molecule has 0 unspecified atom stereocenters. The molecular formula is C27H26N2O5. The van der Waals surface area contributed by atoms with E-state index in [1.165, 1.54) is 22.6 Å². The van der Waals surface area contributed by atoms with Crippen LogP contribution >= 0.6 is 0 Å². The van der Waals surface area contributed by atoms with Crippen LogP contribution in [-0.4, -0.2) is 30.3 Å². The van der Waals surface area contributed by atoms with Gasteiger partial charge in [0.15, 0.2) is 6.61 Å². The number of nitrogens with one attached hydrogen (secondary N) is 1. The number of anilines is 2. The number of aryl methyl sites for hydroxylation is 2. The molecule has 34 heavy (non-hydrogen) atoms. The molecular weight excluding hydrogens is 432 g/mol. The number of fused-ring (bicyclic) bond motifs is 5. The average molecular weight is 459 g/mol. The van der Waals surface area contributed by atoms with Crippen molar-refractivity contribution < 1.29 is 23.9 Å². The fourth-order valence-electron chi connectivity index (χ4n) is 5.53. The van der Waals surface area contributed by atoms with Gasteiger partial charge in [0.25, 0.3) is 5.91 Å². The molecule has 7 nitrogen and oxygen atoms in total. The van der Waals surface area contributed by atoms with Crippen molar-refractivity contribution in [2.24, 2.45) is 23.7 Å². The van der Waals surface area contributed by atoms with E-state index in [4.69, 9.17) is 4.74 Å². The van der Waals surface area contributed by atoms with Crippen LogP contribution in [0.15, 0.2) is 54.1 Å². The minimum Gasteiger partial charge on any atom is -0.452 e. The van der Waals surface area contributed by atoms with E-state index in [9.17, 15) is 19.2 Å². The summed E-state index contributed by atoms with van der Waals surface area (Å²) in [4.78, 5) is 52.3. The smallest absolute Gasteiger partial charge is 0.338 e. The van der Waals surface area contributed by atoms with Gasteiger partial charge in [-0.2, -0.15) is 0 Å². The van der Waals surface area contributed by atoms with Crippen LogP contribution in [0.3, 0.4) is 0 Å². The van der Waals surface area contributed by atoms with Crippen molar-refractivity contribution in [2.75, 3.05) is 16.8 Å². The zero-order chi connectivity index (χ0) is 24.1. The Morgan fingerprint density at radius 3 is 2.53 bits per heavy atom. The Bertz CT molecular complexity index is 1260. The zero-order valence-corrected chi connectivity index (χ0v) is 19.3. The normalized spacial score (nSPS) is 24.8. The van der Waals surface area contributed by atoms with Crippen molar-refractivity contribution in [1.82, 2.24) is 0 Å². The molecule has 7 heteroatoms. The summed E-state index contributed by atoms with van der Waals surface area (Å²) in [5, 5.41) is 2.71. The topological polar surface area (TPSA) is 92.8 Å². The highest BCUT2D eigenvalue weighted by Gasteiger charge is 2.60. The van der Waals surface area contributed by atoms with Gasteiger partial charge in [-0.3, -0.25) is 14.4 Å². The number of benzene rings is 2. The molecule has 0 radical (unpaired) electrons. The van der Waals surface area contributed by atoms with E-state index in [0.29, 0.717) is 11.4 Å². The Balaban J connectivity index is 1.25. The molecule has 0 aromatic heterocycles. The van der Waals surface area contributed by atoms with Crippen LogP contribution in [0.25, 0.3) is 0 Å². The van der Waals surface area contributed by atoms with Crippen LogP contribution in [0.4, 0.5) is 11.4 Å². The van der Waals surface area contributed by atoms with Crippen molar-refractivity contribution in [3.63, 3.8) is 0 Å². The van der Waals surface area contributed by atoms with Gasteiger partial charge in [-0.25, -0.2) is 9.69 Å². The van der Waals surface area contributed by atoms with E-state index >= 15 is 0 Å². The molecule has 2 aliphatic carbocycles. The van der Waals surface area contributed by atoms with Gasteiger partial charge in [0.1, 0.15) is 0 Å². The fourth-order valence-corrected chi connectivity index (χ4v) is 5.53. The van der Waals surface area contributed by atoms with Gasteiger partial charge in [0.2, 0.25) is 11.8 Å². The van der Waals surface area contributed by atoms with Gasteiger partial charge in [-0.1, -0.05) is 23.8 Å². The zero-order valence-electron chi connectivity index (χ0n) is 19.3. The number of carbonyl (C=O) groups excluding carboxylic acids is 4. The molecule has 2 bridgehead atoms. The number of carbonyl (C=O) groups is 4. The predicted octanol–water partition coefficient (Wildman–Crippen LogP) is 3.80. The molecule has 174 valence electrons. The lowest BCUT2D eigenvalue weighted by Crippen LogP contribution is -2.33. The molecule has 1 heterocycles. The summed E-state index contributed by atoms with van der Waals surface area (Å²) < 4.78 is 5.17. The Morgan fingerprint density at radius 1 is 1.00 bits per heavy atom. The van der Waals surface area contributed by atoms with E-state index in [1.807, 2.05) is 32.9 Å². The third-order valence-corrected chi connectivity index (χ3v) is 7.35. The summed E-state index contributed by atoms with van der Waals surface area (Å²) >= 11 is 0. The first kappa shape index (κ1) is 22.1. The summed E-state index contributed by atoms with van der Waals surface area (Å²) in [5.74, 6) is -1.95. The second-order valence-electron chi connectivity index (χ2n) is 9.45. The van der Waals surface area contributed by atoms with Gasteiger partial charge < -0.3 is 10.1 Å². The predicted molar refractivity (Wildman–Crippen MR) is 126 cm³/mol. The average Bonchev–Trinajstić information content (AvgIpc) is 3.45. The molecule has 2 aromatic carbocycles. The third kappa shape index (κ3) is 3.61. The SMILES string of the molecule is CC1=C[C@H]2C[C@H]1[C@H]1C(=O)N(c3cccc(C(=O)OCC(=O)Nc4ccc(C)c(C)c4)c3)C(=O)[C@@H]12. The molecule has 2 aromatic rings. The highest BCUT2D eigenvalue weighted by atomic mass is 16.5. The van der Waals surface area contributed by atoms with Crippen molar-refractivity contribution in [1.29, 1.82) is 0 Å². The van der Waals surface area contributed by atoms with Gasteiger partial charge in [0.05, 0.1) is 23.1 Å². The number of nitrogens with zero attached hydrogens (tertiary/aromatic N) is 1. The molecule has 4 atom stereocenters. The van der Waals surface area contributed by atoms with E-state index in [-0.39, 0.29) is 41.0 Å². The monoisotopic (exact) mass is 458 g/mol. The number of esters is 1. The van der Waals surface area contributed by atoms with Gasteiger partial charge in [-0.15, -0.1) is 0 Å². The third-order valence-electron chi connectivity index (χ3n) is 7.35. The lowest BCUT2D eigenvalue weighted by atomic mass is 9.82. The maximum absolute atomic E-state index is 13.2. The molecule has 3 amide bonds. The Labute approximate surface area is 197 Å². The quantitative estimate of drug-likeness (QED) is 0.418. The largest absolute Gasteiger partial charge is 0.452 e. The van der Waals surface area contributed by atoms with E-state index < -0.39 is 18.5 Å². The maximum Gasteiger partial charge on any atom is 0.338 e. The minimum absolute atomic E-state index is 0.112. The maximum atomic E-state index is 13.2. The Kier molecular flexibility index (Phi) is 5.35. The Morgan fingerprint density at radius 2 is 1.76 bits per heavy atom. The molecule has 1 saturated heterocycles. The summed E-state index contributed by atoms with van der Waals surface area (Å²) in [7, 11) is 0. The molecule has 2 fully saturated rings.